The van der Waals surface area contributed by atoms with Crippen molar-refractivity contribution in [2.75, 3.05) is 0 Å². The van der Waals surface area contributed by atoms with E-state index < -0.39 is 8.07 Å². The predicted molar refractivity (Wildman–Crippen MR) is 349 cm³/mol. The zero-order valence-electron chi connectivity index (χ0n) is 50.1. The van der Waals surface area contributed by atoms with Gasteiger partial charge in [0, 0.05) is 5.41 Å². The molecule has 1 heteroatoms. The first-order valence-corrected chi connectivity index (χ1v) is 34.2. The maximum Gasteiger partial charge on any atom is 0.0814 e. The summed E-state index contributed by atoms with van der Waals surface area (Å²) in [5, 5.41) is 1.55. The molecule has 0 nitrogen and oxygen atoms in total. The van der Waals surface area contributed by atoms with Crippen molar-refractivity contribution < 1.29 is 0 Å². The molecule has 0 atom stereocenters. The first-order chi connectivity index (χ1) is 38.0. The van der Waals surface area contributed by atoms with Gasteiger partial charge in [0.15, 0.2) is 0 Å². The average Bonchev–Trinajstić information content (AvgIpc) is 3.92. The molecular formula is C77H98Si. The molecule has 7 aromatic rings. The lowest BCUT2D eigenvalue weighted by atomic mass is 9.70. The van der Waals surface area contributed by atoms with E-state index in [9.17, 15) is 0 Å². The van der Waals surface area contributed by atoms with E-state index in [0.717, 1.165) is 0 Å². The fourth-order valence-electron chi connectivity index (χ4n) is 12.3. The van der Waals surface area contributed by atoms with Gasteiger partial charge in [-0.1, -0.05) is 347 Å². The molecule has 7 aromatic carbocycles. The molecule has 0 saturated carbocycles. The van der Waals surface area contributed by atoms with Crippen LogP contribution in [-0.4, -0.2) is 8.07 Å². The molecule has 8 rings (SSSR count). The van der Waals surface area contributed by atoms with Gasteiger partial charge in [0.05, 0.1) is 8.07 Å². The first-order valence-electron chi connectivity index (χ1n) is 31.0. The number of hydrogen-bond acceptors (Lipinski definition) is 0. The molecule has 0 N–H and O–H groups in total. The minimum atomic E-state index is -1.79. The highest BCUT2D eigenvalue weighted by Crippen LogP contribution is 2.54. The summed E-state index contributed by atoms with van der Waals surface area (Å²) in [6, 6.07) is 62.8. The zero-order chi connectivity index (χ0) is 55.2. The van der Waals surface area contributed by atoms with E-state index in [4.69, 9.17) is 0 Å². The Morgan fingerprint density at radius 1 is 0.372 bits per heavy atom. The lowest BCUT2D eigenvalue weighted by Gasteiger charge is -2.33. The summed E-state index contributed by atoms with van der Waals surface area (Å²) in [5.74, 6) is 0. The van der Waals surface area contributed by atoms with Crippen molar-refractivity contribution in [3.8, 4) is 11.1 Å². The molecule has 410 valence electrons. The summed E-state index contributed by atoms with van der Waals surface area (Å²) in [6.45, 7) is 21.0. The van der Waals surface area contributed by atoms with Gasteiger partial charge in [-0.25, -0.2) is 0 Å². The van der Waals surface area contributed by atoms with E-state index in [1.165, 1.54) is 212 Å². The zero-order valence-corrected chi connectivity index (χ0v) is 51.1. The molecule has 0 radical (unpaired) electrons. The molecule has 0 aromatic heterocycles. The first kappa shape index (κ1) is 59.9. The Bertz CT molecular complexity index is 2880. The summed E-state index contributed by atoms with van der Waals surface area (Å²) in [4.78, 5) is 0. The number of rotatable bonds is 28. The molecule has 0 unspecified atom stereocenters. The van der Waals surface area contributed by atoms with Crippen molar-refractivity contribution in [2.24, 2.45) is 0 Å². The van der Waals surface area contributed by atoms with E-state index in [1.807, 2.05) is 0 Å². The van der Waals surface area contributed by atoms with Crippen LogP contribution in [0.15, 0.2) is 164 Å². The van der Waals surface area contributed by atoms with Crippen LogP contribution in [0.3, 0.4) is 0 Å². The van der Waals surface area contributed by atoms with Gasteiger partial charge in [-0.2, -0.15) is 0 Å². The maximum absolute atomic E-state index is 2.59. The Morgan fingerprint density at radius 2 is 0.756 bits per heavy atom. The van der Waals surface area contributed by atoms with E-state index in [1.54, 1.807) is 16.3 Å². The van der Waals surface area contributed by atoms with Crippen molar-refractivity contribution in [1.82, 2.24) is 0 Å². The standard InChI is InChI=1S/C46H52Si.C31H46/c1-6-7-8-9-10-17-32-47(4,5)46-34-38(33-44(39-18-13-11-14-19-39)41-27-22-36(2)23-28-41)26-31-43(46)35-45(40-20-15-12-16-21-40)42-29-24-37(3)25-30-42;1-5-7-9-11-13-15-21-31(22-16-14-12-10-8-6-2)29-23-25(3)17-19-27(29)28-20-18-26(4)24-30(28)31/h11-16,18-31,33-35H,6-10,17,32H2,1-5H3;17-20,23-24H,5-16,21-22H2,1-4H3. The number of unbranched alkanes of at least 4 members (excludes halogenated alkanes) is 15. The Labute approximate surface area is 477 Å². The van der Waals surface area contributed by atoms with Gasteiger partial charge >= 0.3 is 0 Å². The van der Waals surface area contributed by atoms with Crippen LogP contribution in [0.25, 0.3) is 34.4 Å². The molecular weight excluding hydrogens is 953 g/mol. The van der Waals surface area contributed by atoms with E-state index in [0.29, 0.717) is 0 Å². The SMILES string of the molecule is CCCCCCCCC1(CCCCCCCC)c2cc(C)ccc2-c2ccc(C)cc21.CCCCCCCC[Si](C)(C)c1cc(C=C(c2ccccc2)c2ccc(C)cc2)ccc1C=C(c1ccccc1)c1ccc(C)cc1. The van der Waals surface area contributed by atoms with E-state index in [2.05, 4.69) is 238 Å². The third kappa shape index (κ3) is 16.6. The normalized spacial score (nSPS) is 13.0. The minimum absolute atomic E-state index is 0.234. The Hall–Kier alpha value is -5.76. The molecule has 1 aliphatic carbocycles. The van der Waals surface area contributed by atoms with Crippen molar-refractivity contribution in [1.29, 1.82) is 0 Å². The average molecular weight is 1050 g/mol. The van der Waals surface area contributed by atoms with Crippen LogP contribution in [0.4, 0.5) is 0 Å². The molecule has 0 heterocycles. The molecule has 0 bridgehead atoms. The highest BCUT2D eigenvalue weighted by Gasteiger charge is 2.42. The summed E-state index contributed by atoms with van der Waals surface area (Å²) in [5.41, 5.74) is 22.1. The second-order valence-corrected chi connectivity index (χ2v) is 28.9. The largest absolute Gasteiger partial charge is 0.0814 e. The van der Waals surface area contributed by atoms with Crippen LogP contribution in [0.2, 0.25) is 19.1 Å². The van der Waals surface area contributed by atoms with E-state index >= 15 is 0 Å². The Kier molecular flexibility index (Phi) is 23.5. The molecule has 0 saturated heterocycles. The third-order valence-corrected chi connectivity index (χ3v) is 20.5. The second kappa shape index (κ2) is 30.6. The van der Waals surface area contributed by atoms with Crippen molar-refractivity contribution in [3.63, 3.8) is 0 Å². The Morgan fingerprint density at radius 3 is 1.21 bits per heavy atom. The molecule has 0 aliphatic heterocycles. The van der Waals surface area contributed by atoms with Gasteiger partial charge in [-0.3, -0.25) is 0 Å². The lowest BCUT2D eigenvalue weighted by molar-refractivity contribution is 0.397. The smallest absolute Gasteiger partial charge is 0.0654 e. The summed E-state index contributed by atoms with van der Waals surface area (Å²) >= 11 is 0. The van der Waals surface area contributed by atoms with Crippen LogP contribution in [-0.2, 0) is 5.41 Å². The van der Waals surface area contributed by atoms with Gasteiger partial charge in [0.2, 0.25) is 0 Å². The molecule has 1 aliphatic rings. The predicted octanol–water partition coefficient (Wildman–Crippen LogP) is 22.8. The van der Waals surface area contributed by atoms with Gasteiger partial charge in [0.1, 0.15) is 0 Å². The van der Waals surface area contributed by atoms with Gasteiger partial charge < -0.3 is 0 Å². The lowest BCUT2D eigenvalue weighted by Crippen LogP contribution is -2.43. The van der Waals surface area contributed by atoms with Crippen LogP contribution < -0.4 is 5.19 Å². The number of fused-ring (bicyclic) bond motifs is 3. The fraction of sp³-hybridized carbons (Fsp3) is 0.403. The highest BCUT2D eigenvalue weighted by molar-refractivity contribution is 6.90. The quantitative estimate of drug-likeness (QED) is 0.0261. The molecule has 0 amide bonds. The maximum atomic E-state index is 2.59. The monoisotopic (exact) mass is 1050 g/mol. The van der Waals surface area contributed by atoms with Gasteiger partial charge in [-0.05, 0) is 119 Å². The highest BCUT2D eigenvalue weighted by atomic mass is 28.3. The fourth-order valence-corrected chi connectivity index (χ4v) is 15.2. The summed E-state index contributed by atoms with van der Waals surface area (Å²) in [6.07, 6.45) is 32.1. The van der Waals surface area contributed by atoms with Crippen LogP contribution >= 0.6 is 0 Å². The van der Waals surface area contributed by atoms with Crippen molar-refractivity contribution in [2.45, 2.75) is 201 Å². The van der Waals surface area contributed by atoms with Crippen molar-refractivity contribution >= 4 is 36.6 Å². The van der Waals surface area contributed by atoms with Crippen molar-refractivity contribution in [3.05, 3.63) is 231 Å². The summed E-state index contributed by atoms with van der Waals surface area (Å²) in [7, 11) is -1.79. The Balaban J connectivity index is 0.000000246. The summed E-state index contributed by atoms with van der Waals surface area (Å²) < 4.78 is 0. The molecule has 78 heavy (non-hydrogen) atoms. The van der Waals surface area contributed by atoms with Gasteiger partial charge in [-0.15, -0.1) is 0 Å². The number of aryl methyl sites for hydroxylation is 4. The third-order valence-electron chi connectivity index (χ3n) is 17.1. The van der Waals surface area contributed by atoms with E-state index in [-0.39, 0.29) is 5.41 Å². The topological polar surface area (TPSA) is 0 Å². The van der Waals surface area contributed by atoms with Crippen LogP contribution in [0, 0.1) is 27.7 Å². The van der Waals surface area contributed by atoms with Gasteiger partial charge in [0.25, 0.3) is 0 Å². The van der Waals surface area contributed by atoms with Crippen LogP contribution in [0.1, 0.15) is 216 Å². The minimum Gasteiger partial charge on any atom is -0.0654 e. The molecule has 0 fully saturated rings. The number of benzene rings is 7. The number of hydrogen-bond donors (Lipinski definition) is 0. The van der Waals surface area contributed by atoms with Crippen LogP contribution in [0.5, 0.6) is 0 Å². The second-order valence-electron chi connectivity index (χ2n) is 24.0. The molecule has 0 spiro atoms.